The summed E-state index contributed by atoms with van der Waals surface area (Å²) in [6, 6.07) is 0. The van der Waals surface area contributed by atoms with Gasteiger partial charge in [-0.2, -0.15) is 9.97 Å². The second kappa shape index (κ2) is 10.7. The van der Waals surface area contributed by atoms with Crippen molar-refractivity contribution >= 4 is 34.2 Å². The number of aliphatic hydroxyl groups is 3. The highest BCUT2D eigenvalue weighted by atomic mass is 16.6. The van der Waals surface area contributed by atoms with E-state index < -0.39 is 54.1 Å². The van der Waals surface area contributed by atoms with Crippen LogP contribution in [0.25, 0.3) is 22.3 Å². The zero-order valence-electron chi connectivity index (χ0n) is 22.7. The van der Waals surface area contributed by atoms with Crippen molar-refractivity contribution in [3.63, 3.8) is 0 Å². The number of rotatable bonds is 8. The molecular weight excluding hydrogens is 586 g/mol. The predicted molar refractivity (Wildman–Crippen MR) is 145 cm³/mol. The Balaban J connectivity index is 1.00. The van der Waals surface area contributed by atoms with E-state index in [-0.39, 0.29) is 54.0 Å². The number of aromatic nitrogens is 11. The Morgan fingerprint density at radius 2 is 1.61 bits per heavy atom. The Kier molecular flexibility index (Phi) is 6.83. The minimum atomic E-state index is -1.37. The van der Waals surface area contributed by atoms with Crippen molar-refractivity contribution < 1.29 is 29.5 Å². The minimum Gasteiger partial charge on any atom is -0.394 e. The third-order valence-electron chi connectivity index (χ3n) is 7.58. The average molecular weight is 614 g/mol. The van der Waals surface area contributed by atoms with Crippen LogP contribution in [0.3, 0.4) is 0 Å². The number of nitrogens with two attached hydrogens (primary N) is 2. The van der Waals surface area contributed by atoms with Crippen LogP contribution in [-0.2, 0) is 27.4 Å². The molecule has 21 heteroatoms. The van der Waals surface area contributed by atoms with E-state index in [0.29, 0.717) is 12.1 Å². The maximum Gasteiger partial charge on any atom is 0.280 e. The van der Waals surface area contributed by atoms with Gasteiger partial charge < -0.3 is 41.0 Å². The lowest BCUT2D eigenvalue weighted by molar-refractivity contribution is -0.0645. The summed E-state index contributed by atoms with van der Waals surface area (Å²) in [7, 11) is 0. The highest BCUT2D eigenvalue weighted by Crippen LogP contribution is 2.33. The van der Waals surface area contributed by atoms with Gasteiger partial charge in [0.25, 0.3) is 11.1 Å². The number of ether oxygens (including phenoxy) is 3. The molecule has 44 heavy (non-hydrogen) atoms. The molecule has 2 fully saturated rings. The van der Waals surface area contributed by atoms with Crippen molar-refractivity contribution in [3.8, 4) is 0 Å². The smallest absolute Gasteiger partial charge is 0.280 e. The maximum atomic E-state index is 12.1. The van der Waals surface area contributed by atoms with E-state index in [1.165, 1.54) is 21.9 Å². The molecule has 2 aliphatic rings. The molecule has 7 heterocycles. The van der Waals surface area contributed by atoms with Crippen molar-refractivity contribution in [1.29, 1.82) is 0 Å². The number of hydrogen-bond donors (Lipinski definition) is 7. The Bertz CT molecular complexity index is 1950. The maximum absolute atomic E-state index is 12.1. The summed E-state index contributed by atoms with van der Waals surface area (Å²) in [5, 5.41) is 39.5. The topological polar surface area (TPSA) is 298 Å². The summed E-state index contributed by atoms with van der Waals surface area (Å²) in [4.78, 5) is 45.3. The molecule has 232 valence electrons. The van der Waals surface area contributed by atoms with Gasteiger partial charge in [0.1, 0.15) is 36.3 Å². The molecule has 0 aromatic carbocycles. The molecule has 0 amide bonds. The third-order valence-corrected chi connectivity index (χ3v) is 7.58. The van der Waals surface area contributed by atoms with E-state index in [1.807, 2.05) is 0 Å². The van der Waals surface area contributed by atoms with Crippen LogP contribution >= 0.6 is 0 Å². The minimum absolute atomic E-state index is 0.00580. The van der Waals surface area contributed by atoms with E-state index in [2.05, 4.69) is 40.2 Å². The number of H-pyrrole nitrogens is 2. The fraction of sp³-hybridized carbons (Fsp3) is 0.478. The van der Waals surface area contributed by atoms with E-state index in [0.717, 1.165) is 0 Å². The van der Waals surface area contributed by atoms with Gasteiger partial charge in [0, 0.05) is 6.42 Å². The van der Waals surface area contributed by atoms with Gasteiger partial charge in [-0.05, 0) is 0 Å². The molecule has 5 aromatic rings. The van der Waals surface area contributed by atoms with Crippen molar-refractivity contribution in [2.45, 2.75) is 62.5 Å². The van der Waals surface area contributed by atoms with Crippen LogP contribution in [-0.4, -0.2) is 106 Å². The van der Waals surface area contributed by atoms with E-state index >= 15 is 0 Å². The number of aromatic amines is 2. The summed E-state index contributed by atoms with van der Waals surface area (Å²) in [5.41, 5.74) is 11.2. The molecule has 5 aromatic heterocycles. The molecule has 0 bridgehead atoms. The standard InChI is InChI=1S/C23H27N13O8/c24-22-28-17-13(19(40)30-22)26-6-35(17)12-1-9(11(4-37)43-12)42-5-8-2-34(33-32-8)3-10-15(38)16(39)21(44-10)36-7-27-14-18(36)29-23(25)31-20(14)41/h2,6-7,9-12,15-16,21,37-39H,1,3-5H2,(H3,24,28,30,40)(H3,25,29,31,41)/t9-,10+,11-,12+,15+,16-,21+/m0/s1. The molecule has 0 radical (unpaired) electrons. The largest absolute Gasteiger partial charge is 0.394 e. The number of nitrogens with one attached hydrogen (secondary N) is 2. The van der Waals surface area contributed by atoms with Gasteiger partial charge in [-0.25, -0.2) is 14.6 Å². The van der Waals surface area contributed by atoms with Crippen LogP contribution in [0.2, 0.25) is 0 Å². The molecule has 0 spiro atoms. The van der Waals surface area contributed by atoms with Gasteiger partial charge in [0.15, 0.2) is 28.6 Å². The molecule has 2 aliphatic heterocycles. The molecule has 7 rings (SSSR count). The second-order valence-electron chi connectivity index (χ2n) is 10.4. The Labute approximate surface area is 244 Å². The fourth-order valence-electron chi connectivity index (χ4n) is 5.47. The van der Waals surface area contributed by atoms with E-state index in [4.69, 9.17) is 25.7 Å². The molecule has 7 atom stereocenters. The van der Waals surface area contributed by atoms with Crippen molar-refractivity contribution in [1.82, 2.24) is 54.0 Å². The number of anilines is 2. The van der Waals surface area contributed by atoms with Gasteiger partial charge in [0.05, 0.1) is 44.7 Å². The Morgan fingerprint density at radius 1 is 0.955 bits per heavy atom. The van der Waals surface area contributed by atoms with E-state index in [1.54, 1.807) is 10.8 Å². The summed E-state index contributed by atoms with van der Waals surface area (Å²) in [6.07, 6.45) is -1.90. The SMILES string of the molecule is Nc1nc2c(ncn2[C@@H]2O[C@H](Cn3cc(CO[C@H]4C[C@H](n5cnc6c(=O)[nH]c(N)nc65)O[C@H]4CO)nn3)[C@@H](O)[C@@H]2O)c(=O)[nH]1. The summed E-state index contributed by atoms with van der Waals surface area (Å²) < 4.78 is 22.2. The Hall–Kier alpha value is -4.80. The monoisotopic (exact) mass is 613 g/mol. The van der Waals surface area contributed by atoms with Gasteiger partial charge in [-0.3, -0.25) is 28.7 Å². The predicted octanol–water partition coefficient (Wildman–Crippen LogP) is -3.51. The first-order chi connectivity index (χ1) is 21.2. The van der Waals surface area contributed by atoms with Gasteiger partial charge in [-0.15, -0.1) is 5.10 Å². The zero-order valence-corrected chi connectivity index (χ0v) is 22.7. The average Bonchev–Trinajstić information content (AvgIpc) is 3.81. The first kappa shape index (κ1) is 28.0. The van der Waals surface area contributed by atoms with Crippen molar-refractivity contribution in [2.24, 2.45) is 0 Å². The van der Waals surface area contributed by atoms with Crippen LogP contribution < -0.4 is 22.6 Å². The van der Waals surface area contributed by atoms with Gasteiger partial charge in [0.2, 0.25) is 11.9 Å². The molecule has 2 saturated heterocycles. The van der Waals surface area contributed by atoms with Crippen LogP contribution in [0.15, 0.2) is 28.4 Å². The highest BCUT2D eigenvalue weighted by Gasteiger charge is 2.45. The first-order valence-electron chi connectivity index (χ1n) is 13.4. The number of fused-ring (bicyclic) bond motifs is 2. The van der Waals surface area contributed by atoms with E-state index in [9.17, 15) is 24.9 Å². The molecule has 0 unspecified atom stereocenters. The Morgan fingerprint density at radius 3 is 2.30 bits per heavy atom. The normalized spacial score (nSPS) is 27.2. The van der Waals surface area contributed by atoms with Gasteiger partial charge in [-0.1, -0.05) is 5.21 Å². The summed E-state index contributed by atoms with van der Waals surface area (Å²) in [6.45, 7) is -0.268. The molecular formula is C23H27N13O8. The number of aliphatic hydroxyl groups excluding tert-OH is 3. The number of nitrogens with zero attached hydrogens (tertiary/aromatic N) is 9. The second-order valence-corrected chi connectivity index (χ2v) is 10.4. The molecule has 9 N–H and O–H groups in total. The first-order valence-corrected chi connectivity index (χ1v) is 13.4. The van der Waals surface area contributed by atoms with Crippen LogP contribution in [0.4, 0.5) is 11.9 Å². The lowest BCUT2D eigenvalue weighted by Crippen LogP contribution is -2.33. The highest BCUT2D eigenvalue weighted by molar-refractivity contribution is 5.71. The third kappa shape index (κ3) is 4.76. The number of hydrogen-bond acceptors (Lipinski definition) is 16. The van der Waals surface area contributed by atoms with Gasteiger partial charge >= 0.3 is 0 Å². The fourth-order valence-corrected chi connectivity index (χ4v) is 5.47. The molecule has 21 nitrogen and oxygen atoms in total. The van der Waals surface area contributed by atoms with Crippen LogP contribution in [0.1, 0.15) is 24.6 Å². The van der Waals surface area contributed by atoms with Crippen molar-refractivity contribution in [3.05, 3.63) is 45.3 Å². The lowest BCUT2D eigenvalue weighted by atomic mass is 10.1. The molecule has 0 aliphatic carbocycles. The van der Waals surface area contributed by atoms with Crippen molar-refractivity contribution in [2.75, 3.05) is 18.1 Å². The molecule has 0 saturated carbocycles. The summed E-state index contributed by atoms with van der Waals surface area (Å²) >= 11 is 0. The van der Waals surface area contributed by atoms with Crippen LogP contribution in [0, 0.1) is 0 Å². The van der Waals surface area contributed by atoms with Crippen LogP contribution in [0.5, 0.6) is 0 Å². The number of imidazole rings is 2. The quantitative estimate of drug-likeness (QED) is 0.0892. The zero-order chi connectivity index (χ0) is 30.7. The summed E-state index contributed by atoms with van der Waals surface area (Å²) in [5.74, 6) is -0.198. The lowest BCUT2D eigenvalue weighted by Gasteiger charge is -2.16. The number of nitrogen functional groups attached to an aromatic ring is 2.